The van der Waals surface area contributed by atoms with Crippen molar-refractivity contribution in [3.8, 4) is 0 Å². The van der Waals surface area contributed by atoms with Crippen molar-refractivity contribution in [1.29, 1.82) is 0 Å². The third-order valence-electron chi connectivity index (χ3n) is 24.3. The maximum atomic E-state index is 13.0. The highest BCUT2D eigenvalue weighted by molar-refractivity contribution is 6.33. The molecule has 786 valence electrons. The van der Waals surface area contributed by atoms with Crippen LogP contribution < -0.4 is 17.2 Å². The molecule has 5 aromatic heterocycles. The van der Waals surface area contributed by atoms with Gasteiger partial charge in [-0.3, -0.25) is 59.3 Å². The normalized spacial score (nSPS) is 15.5. The predicted octanol–water partition coefficient (Wildman–Crippen LogP) is 17.6. The number of rotatable bonds is 33. The number of hydrogen-bond acceptors (Lipinski definition) is 20. The van der Waals surface area contributed by atoms with Gasteiger partial charge in [0.2, 0.25) is 0 Å². The van der Waals surface area contributed by atoms with E-state index in [2.05, 4.69) is 52.0 Å². The van der Waals surface area contributed by atoms with E-state index in [-0.39, 0.29) is 79.9 Å². The van der Waals surface area contributed by atoms with E-state index in [1.807, 2.05) is 44.2 Å². The van der Waals surface area contributed by atoms with Crippen LogP contribution in [0.15, 0.2) is 133 Å². The number of benzene rings is 5. The molecule has 0 aliphatic carbocycles. The van der Waals surface area contributed by atoms with E-state index < -0.39 is 95.0 Å². The number of piperidine rings is 2. The third kappa shape index (κ3) is 34.1. The number of aromatic nitrogens is 10. The number of hydrogen-bond donors (Lipinski definition) is 10. The zero-order valence-corrected chi connectivity index (χ0v) is 82.5. The first kappa shape index (κ1) is 115. The number of aliphatic hydroxyl groups excluding tert-OH is 2. The highest BCUT2D eigenvalue weighted by Crippen LogP contribution is 2.37. The molecule has 0 saturated carbocycles. The Morgan fingerprint density at radius 3 is 1.01 bits per heavy atom. The lowest BCUT2D eigenvalue weighted by Gasteiger charge is -2.32. The number of halogens is 20. The van der Waals surface area contributed by atoms with Crippen LogP contribution in [-0.2, 0) is 63.6 Å². The van der Waals surface area contributed by atoms with Gasteiger partial charge in [-0.25, -0.2) is 0 Å². The van der Waals surface area contributed by atoms with Crippen LogP contribution in [-0.4, -0.2) is 282 Å². The molecular weight excluding hydrogens is 2030 g/mol. The molecule has 4 aliphatic rings. The van der Waals surface area contributed by atoms with Crippen molar-refractivity contribution in [2.24, 2.45) is 0 Å². The smallest absolute Gasteiger partial charge is 0.398 e. The van der Waals surface area contributed by atoms with E-state index in [4.69, 9.17) is 75.2 Å². The standard InChI is InChI=1S/C19H23ClF3N5O.C19H25ClF3N5O.2C19H22ClF3N4O2.C18H21ClF3N5O/c1-12(27-7-2-3-8-27)10-28(11-13-14(20)5-4-6-15(13)24)18(29)16-9-17(26-25-16)19(21,22)23;1-3-8-27(4-2)9-10-28(12-13-14(20)6-5-7-15(13)24)18(29)16-11-17(26-25-16)19(21,22)23;20-15-6-2-1-4-13(15)11-27(9-8-26-7-3-5-14(28)12-26)18(29)16-10-17(25-24-16)19(21,22)23;20-15-4-2-1-3-13(15)12-27(10-9-26-7-5-14(28)6-8-26)18(29)16-11-17(25-24-16)19(21,22)23;19-13-4-3-5-14(23)12(13)11-27(9-8-26-6-1-2-7-26)17(28)15-10-16(25-24-15)18(20,21)22/h4-6,9,12H,2-3,7-8,10-11,24H2,1H3,(H,25,26);5-7,11H,3-4,8-10,12,24H2,1-2H3,(H,25,26);1-2,4,6,10,14,28H,3,5,7-9,11-12H2,(H,24,25);1-4,11,14,28H,5-10,12H2,(H,24,25);3-5,10H,1-2,6-9,11,23H2,(H,24,25). The molecule has 4 aliphatic heterocycles. The van der Waals surface area contributed by atoms with Crippen LogP contribution in [0.1, 0.15) is 187 Å². The first-order chi connectivity index (χ1) is 68.1. The number of anilines is 3. The van der Waals surface area contributed by atoms with Gasteiger partial charge in [0.15, 0.2) is 28.5 Å². The lowest BCUT2D eigenvalue weighted by molar-refractivity contribution is -0.142. The summed E-state index contributed by atoms with van der Waals surface area (Å²) in [5, 5.41) is 48.8. The van der Waals surface area contributed by atoms with Crippen molar-refractivity contribution in [2.75, 3.05) is 142 Å². The van der Waals surface area contributed by atoms with Gasteiger partial charge < -0.3 is 66.6 Å². The zero-order chi connectivity index (χ0) is 105. The fourth-order valence-electron chi connectivity index (χ4n) is 16.2. The molecule has 0 radical (unpaired) electrons. The summed E-state index contributed by atoms with van der Waals surface area (Å²) in [6, 6.07) is 32.7. The highest BCUT2D eigenvalue weighted by Gasteiger charge is 2.41. The molecule has 13 N–H and O–H groups in total. The van der Waals surface area contributed by atoms with E-state index in [9.17, 15) is 100 Å². The molecule has 2 atom stereocenters. The second kappa shape index (κ2) is 52.9. The number of β-amino-alcohol motifs (C(OH)–C–C–N with tert-alkyl or cyclic N) is 1. The van der Waals surface area contributed by atoms with Gasteiger partial charge in [-0.2, -0.15) is 91.3 Å². The van der Waals surface area contributed by atoms with Crippen LogP contribution in [0.5, 0.6) is 0 Å². The minimum absolute atomic E-state index is 0.0335. The second-order valence-corrected chi connectivity index (χ2v) is 36.8. The number of likely N-dealkylation sites (N-methyl/N-ethyl adjacent to an activating group) is 1. The summed E-state index contributed by atoms with van der Waals surface area (Å²) in [6.45, 7) is 18.4. The fourth-order valence-corrected chi connectivity index (χ4v) is 17.3. The SMILES string of the molecule is CC(CN(Cc1c(N)cccc1Cl)C(=O)c1cc(C(F)(F)F)[nH]n1)N1CCCC1.CCCN(CC)CCN(Cc1c(N)cccc1Cl)C(=O)c1cc(C(F)(F)F)[nH]n1.Nc1cccc(Cl)c1CN(CCN1CCCC1)C(=O)c1cc(C(F)(F)F)[nH]n1.O=C(c1cc(C(F)(F)F)[nH]n1)N(CCN1CCC(O)CC1)Cc1ccccc1Cl.O=C(c1cc(C(F)(F)F)[nH]n1)N(CCN1CCCC(O)C1)Cc1ccccc1Cl. The van der Waals surface area contributed by atoms with Crippen molar-refractivity contribution >= 4 is 105 Å². The molecule has 0 bridgehead atoms. The molecule has 4 saturated heterocycles. The highest BCUT2D eigenvalue weighted by atomic mass is 35.5. The van der Waals surface area contributed by atoms with Crippen LogP contribution in [0.2, 0.25) is 25.1 Å². The van der Waals surface area contributed by atoms with Gasteiger partial charge in [-0.1, -0.05) is 126 Å². The Balaban J connectivity index is 0.000000185. The number of nitrogens with two attached hydrogens (primary N) is 3. The molecule has 2 unspecified atom stereocenters. The number of amides is 5. The first-order valence-electron chi connectivity index (χ1n) is 46.2. The minimum atomic E-state index is -4.61. The number of nitrogen functional groups attached to an aromatic ring is 3. The number of alkyl halides is 15. The summed E-state index contributed by atoms with van der Waals surface area (Å²) in [7, 11) is 0. The monoisotopic (exact) mass is 2140 g/mol. The lowest BCUT2D eigenvalue weighted by atomic mass is 10.1. The molecule has 9 heterocycles. The largest absolute Gasteiger partial charge is 0.432 e. The molecule has 30 nitrogen and oxygen atoms in total. The lowest BCUT2D eigenvalue weighted by Crippen LogP contribution is -2.43. The third-order valence-corrected chi connectivity index (χ3v) is 26.1. The van der Waals surface area contributed by atoms with Gasteiger partial charge in [0.1, 0.15) is 28.5 Å². The van der Waals surface area contributed by atoms with Crippen molar-refractivity contribution in [3.63, 3.8) is 0 Å². The van der Waals surface area contributed by atoms with Crippen LogP contribution in [0.3, 0.4) is 0 Å². The van der Waals surface area contributed by atoms with Gasteiger partial charge >= 0.3 is 30.9 Å². The van der Waals surface area contributed by atoms with Crippen LogP contribution >= 0.6 is 58.0 Å². The van der Waals surface area contributed by atoms with Crippen LogP contribution in [0.4, 0.5) is 82.9 Å². The number of H-pyrrole nitrogens is 5. The number of aromatic amines is 5. The molecule has 0 spiro atoms. The Hall–Kier alpha value is -11.0. The van der Waals surface area contributed by atoms with Gasteiger partial charge in [-0.15, -0.1) is 0 Å². The topological polar surface area (TPSA) is 380 Å². The number of carbonyl (C=O) groups is 5. The predicted molar refractivity (Wildman–Crippen MR) is 514 cm³/mol. The molecule has 10 aromatic rings. The molecule has 4 fully saturated rings. The van der Waals surface area contributed by atoms with E-state index in [0.29, 0.717) is 161 Å². The van der Waals surface area contributed by atoms with Gasteiger partial charge in [0.05, 0.1) is 12.2 Å². The summed E-state index contributed by atoms with van der Waals surface area (Å²) in [6.07, 6.45) is -15.5. The molecule has 14 rings (SSSR count). The summed E-state index contributed by atoms with van der Waals surface area (Å²) in [5.41, 5.74) is 15.5. The van der Waals surface area contributed by atoms with Gasteiger partial charge in [-0.05, 0) is 170 Å². The number of likely N-dealkylation sites (tertiary alicyclic amines) is 4. The van der Waals surface area contributed by atoms with Crippen molar-refractivity contribution in [2.45, 2.75) is 160 Å². The molecule has 5 amide bonds. The van der Waals surface area contributed by atoms with Crippen molar-refractivity contribution < 1.29 is 100 Å². The summed E-state index contributed by atoms with van der Waals surface area (Å²) in [5.74, 6) is -3.06. The number of nitrogens with one attached hydrogen (secondary N) is 5. The molecule has 50 heteroatoms. The van der Waals surface area contributed by atoms with Crippen molar-refractivity contribution in [1.82, 2.24) is 100.0 Å². The van der Waals surface area contributed by atoms with E-state index in [1.54, 1.807) is 103 Å². The average molecular weight is 2140 g/mol. The number of aliphatic hydroxyl groups is 2. The van der Waals surface area contributed by atoms with Crippen molar-refractivity contribution in [3.05, 3.63) is 243 Å². The maximum absolute atomic E-state index is 13.0. The number of nitrogens with zero attached hydrogens (tertiary/aromatic N) is 15. The van der Waals surface area contributed by atoms with E-state index in [0.717, 1.165) is 115 Å². The Kier molecular flexibility index (Phi) is 42.2. The Morgan fingerprint density at radius 1 is 0.375 bits per heavy atom. The second-order valence-electron chi connectivity index (χ2n) is 34.8. The summed E-state index contributed by atoms with van der Waals surface area (Å²) in [4.78, 5) is 82.6. The van der Waals surface area contributed by atoms with Gasteiger partial charge in [0.25, 0.3) is 29.5 Å². The quantitative estimate of drug-likeness (QED) is 0.0135. The molecule has 144 heavy (non-hydrogen) atoms. The number of carbonyl (C=O) groups excluding carboxylic acids is 5. The first-order valence-corrected chi connectivity index (χ1v) is 48.1. The Labute approximate surface area is 845 Å². The van der Waals surface area contributed by atoms with Crippen LogP contribution in [0, 0.1) is 0 Å². The fraction of sp³-hybridized carbons (Fsp3) is 0.468. The zero-order valence-electron chi connectivity index (χ0n) is 78.7. The maximum Gasteiger partial charge on any atom is 0.432 e. The van der Waals surface area contributed by atoms with E-state index >= 15 is 0 Å². The van der Waals surface area contributed by atoms with Crippen LogP contribution in [0.25, 0.3) is 0 Å². The summed E-state index contributed by atoms with van der Waals surface area (Å²) < 4.78 is 193. The average Bonchev–Trinajstić information content (AvgIpc) is 1.62. The molecule has 5 aromatic carbocycles. The summed E-state index contributed by atoms with van der Waals surface area (Å²) >= 11 is 31.1. The van der Waals surface area contributed by atoms with E-state index in [1.165, 1.54) is 24.5 Å². The minimum Gasteiger partial charge on any atom is -0.398 e. The Bertz CT molecular complexity index is 5740. The molecular formula is C94H113Cl5F15N23O7. The Morgan fingerprint density at radius 2 is 0.681 bits per heavy atom. The van der Waals surface area contributed by atoms with Gasteiger partial charge in [0, 0.05) is 207 Å².